The van der Waals surface area contributed by atoms with Gasteiger partial charge in [0.05, 0.1) is 11.3 Å². The van der Waals surface area contributed by atoms with Crippen LogP contribution in [0.25, 0.3) is 11.3 Å². The van der Waals surface area contributed by atoms with E-state index in [0.717, 1.165) is 74.5 Å². The molecule has 0 atom stereocenters. The quantitative estimate of drug-likeness (QED) is 0.455. The lowest BCUT2D eigenvalue weighted by Gasteiger charge is -2.24. The standard InChI is InChI=1S/C30H38N4O3/c1-5-21-9-7-10-22(6-2)29(21)26-18-28(37-23-11-12-24(30(31)36)27(35)17-23)25(20(3)32-26)19-34-14-8-13-33(4)15-16-34/h7,9-12,17-18,35H,5-6,8,13-16,19H2,1-4H3,(H2,31,36). The molecule has 1 aliphatic rings. The number of nitrogens with zero attached hydrogens (tertiary/aromatic N) is 3. The summed E-state index contributed by atoms with van der Waals surface area (Å²) < 4.78 is 6.42. The van der Waals surface area contributed by atoms with Gasteiger partial charge in [0, 0.05) is 48.6 Å². The highest BCUT2D eigenvalue weighted by Crippen LogP contribution is 2.36. The Labute approximate surface area is 219 Å². The zero-order chi connectivity index (χ0) is 26.5. The summed E-state index contributed by atoms with van der Waals surface area (Å²) in [5.74, 6) is 0.272. The second kappa shape index (κ2) is 11.8. The molecule has 0 unspecified atom stereocenters. The third kappa shape index (κ3) is 6.12. The summed E-state index contributed by atoms with van der Waals surface area (Å²) >= 11 is 0. The number of carbonyl (C=O) groups is 1. The number of aryl methyl sites for hydroxylation is 3. The number of rotatable bonds is 8. The lowest BCUT2D eigenvalue weighted by atomic mass is 9.94. The fourth-order valence-corrected chi connectivity index (χ4v) is 5.05. The molecule has 0 bridgehead atoms. The highest BCUT2D eigenvalue weighted by Gasteiger charge is 2.21. The number of carbonyl (C=O) groups excluding carboxylic acids is 1. The minimum atomic E-state index is -0.679. The Kier molecular flexibility index (Phi) is 8.46. The molecule has 0 saturated carbocycles. The van der Waals surface area contributed by atoms with Crippen LogP contribution in [0.5, 0.6) is 17.2 Å². The van der Waals surface area contributed by atoms with E-state index in [1.807, 2.05) is 13.0 Å². The fourth-order valence-electron chi connectivity index (χ4n) is 5.05. The van der Waals surface area contributed by atoms with Crippen LogP contribution >= 0.6 is 0 Å². The number of aromatic nitrogens is 1. The number of likely N-dealkylation sites (N-methyl/N-ethyl adjacent to an activating group) is 1. The van der Waals surface area contributed by atoms with Crippen LogP contribution in [-0.2, 0) is 19.4 Å². The number of benzene rings is 2. The highest BCUT2D eigenvalue weighted by molar-refractivity contribution is 5.95. The molecule has 0 spiro atoms. The van der Waals surface area contributed by atoms with E-state index in [-0.39, 0.29) is 11.3 Å². The number of primary amides is 1. The molecule has 1 aromatic heterocycles. The molecule has 1 fully saturated rings. The first kappa shape index (κ1) is 26.6. The van der Waals surface area contributed by atoms with Crippen LogP contribution in [-0.4, -0.2) is 59.0 Å². The van der Waals surface area contributed by atoms with Crippen molar-refractivity contribution in [3.8, 4) is 28.5 Å². The molecule has 1 saturated heterocycles. The Morgan fingerprint density at radius 1 is 1.05 bits per heavy atom. The van der Waals surface area contributed by atoms with Crippen molar-refractivity contribution in [2.75, 3.05) is 33.2 Å². The van der Waals surface area contributed by atoms with E-state index < -0.39 is 5.91 Å². The van der Waals surface area contributed by atoms with E-state index in [2.05, 4.69) is 48.9 Å². The van der Waals surface area contributed by atoms with Gasteiger partial charge in [-0.15, -0.1) is 0 Å². The van der Waals surface area contributed by atoms with Crippen molar-refractivity contribution < 1.29 is 14.6 Å². The van der Waals surface area contributed by atoms with Crippen molar-refractivity contribution in [2.24, 2.45) is 5.73 Å². The van der Waals surface area contributed by atoms with Gasteiger partial charge in [0.25, 0.3) is 5.91 Å². The normalized spacial score (nSPS) is 14.9. The van der Waals surface area contributed by atoms with Gasteiger partial charge in [0.2, 0.25) is 0 Å². The molecule has 3 aromatic rings. The van der Waals surface area contributed by atoms with Crippen molar-refractivity contribution in [2.45, 2.75) is 46.6 Å². The summed E-state index contributed by atoms with van der Waals surface area (Å²) in [5.41, 5.74) is 11.9. The van der Waals surface area contributed by atoms with Crippen molar-refractivity contribution in [1.29, 1.82) is 0 Å². The monoisotopic (exact) mass is 502 g/mol. The van der Waals surface area contributed by atoms with E-state index in [4.69, 9.17) is 15.5 Å². The Bertz CT molecular complexity index is 1250. The number of ether oxygens (including phenoxy) is 1. The summed E-state index contributed by atoms with van der Waals surface area (Å²) in [4.78, 5) is 21.5. The van der Waals surface area contributed by atoms with E-state index >= 15 is 0 Å². The third-order valence-corrected chi connectivity index (χ3v) is 7.20. The summed E-state index contributed by atoms with van der Waals surface area (Å²) in [6.45, 7) is 11.2. The molecule has 4 rings (SSSR count). The predicted octanol–water partition coefficient (Wildman–Crippen LogP) is 4.92. The van der Waals surface area contributed by atoms with Crippen molar-refractivity contribution in [3.05, 3.63) is 70.4 Å². The molecule has 0 aliphatic carbocycles. The van der Waals surface area contributed by atoms with Crippen LogP contribution in [0.4, 0.5) is 0 Å². The number of pyridine rings is 1. The number of aromatic hydroxyl groups is 1. The Morgan fingerprint density at radius 2 is 1.78 bits per heavy atom. The molecule has 196 valence electrons. The van der Waals surface area contributed by atoms with Crippen LogP contribution in [0.1, 0.15) is 53.0 Å². The molecule has 1 amide bonds. The molecule has 2 aromatic carbocycles. The smallest absolute Gasteiger partial charge is 0.252 e. The van der Waals surface area contributed by atoms with Crippen molar-refractivity contribution in [1.82, 2.24) is 14.8 Å². The first-order chi connectivity index (χ1) is 17.8. The van der Waals surface area contributed by atoms with Gasteiger partial charge in [0.15, 0.2) is 0 Å². The molecular formula is C30H38N4O3. The zero-order valence-electron chi connectivity index (χ0n) is 22.4. The molecule has 1 aliphatic heterocycles. The minimum Gasteiger partial charge on any atom is -0.507 e. The Hall–Kier alpha value is -3.42. The van der Waals surface area contributed by atoms with Gasteiger partial charge in [-0.2, -0.15) is 0 Å². The number of hydrogen-bond acceptors (Lipinski definition) is 6. The topological polar surface area (TPSA) is 91.9 Å². The van der Waals surface area contributed by atoms with Crippen LogP contribution in [0.15, 0.2) is 42.5 Å². The van der Waals surface area contributed by atoms with Gasteiger partial charge in [-0.05, 0) is 69.6 Å². The fraction of sp³-hybridized carbons (Fsp3) is 0.400. The Morgan fingerprint density at radius 3 is 2.43 bits per heavy atom. The summed E-state index contributed by atoms with van der Waals surface area (Å²) in [6, 6.07) is 13.1. The molecule has 7 heteroatoms. The number of hydrogen-bond donors (Lipinski definition) is 2. The maximum Gasteiger partial charge on any atom is 0.252 e. The third-order valence-electron chi connectivity index (χ3n) is 7.20. The van der Waals surface area contributed by atoms with Crippen molar-refractivity contribution >= 4 is 5.91 Å². The lowest BCUT2D eigenvalue weighted by Crippen LogP contribution is -2.29. The molecule has 0 radical (unpaired) electrons. The molecule has 37 heavy (non-hydrogen) atoms. The largest absolute Gasteiger partial charge is 0.507 e. The highest BCUT2D eigenvalue weighted by atomic mass is 16.5. The summed E-state index contributed by atoms with van der Waals surface area (Å²) in [7, 11) is 2.17. The molecule has 7 nitrogen and oxygen atoms in total. The number of amides is 1. The van der Waals surface area contributed by atoms with Gasteiger partial charge in [-0.3, -0.25) is 14.7 Å². The minimum absolute atomic E-state index is 0.0670. The van der Waals surface area contributed by atoms with E-state index in [0.29, 0.717) is 11.5 Å². The zero-order valence-corrected chi connectivity index (χ0v) is 22.4. The van der Waals surface area contributed by atoms with Crippen molar-refractivity contribution in [3.63, 3.8) is 0 Å². The van der Waals surface area contributed by atoms with Gasteiger partial charge in [0.1, 0.15) is 17.2 Å². The van der Waals surface area contributed by atoms with Gasteiger partial charge < -0.3 is 20.5 Å². The van der Waals surface area contributed by atoms with E-state index in [1.165, 1.54) is 23.3 Å². The maximum atomic E-state index is 11.6. The van der Waals surface area contributed by atoms with Crippen LogP contribution in [0.2, 0.25) is 0 Å². The van der Waals surface area contributed by atoms with Crippen LogP contribution in [0.3, 0.4) is 0 Å². The maximum absolute atomic E-state index is 11.6. The van der Waals surface area contributed by atoms with Gasteiger partial charge in [-0.25, -0.2) is 0 Å². The predicted molar refractivity (Wildman–Crippen MR) is 147 cm³/mol. The van der Waals surface area contributed by atoms with Crippen LogP contribution < -0.4 is 10.5 Å². The number of phenols is 1. The SMILES string of the molecule is CCc1cccc(CC)c1-c1cc(Oc2ccc(C(N)=O)c(O)c2)c(CN2CCCN(C)CC2)c(C)n1. The molecular weight excluding hydrogens is 464 g/mol. The summed E-state index contributed by atoms with van der Waals surface area (Å²) in [6.07, 6.45) is 2.93. The Balaban J connectivity index is 1.79. The second-order valence-electron chi connectivity index (χ2n) is 9.81. The average Bonchev–Trinajstić information content (AvgIpc) is 3.08. The lowest BCUT2D eigenvalue weighted by molar-refractivity contribution is 0.0997. The van der Waals surface area contributed by atoms with Gasteiger partial charge >= 0.3 is 0 Å². The van der Waals surface area contributed by atoms with E-state index in [1.54, 1.807) is 6.07 Å². The summed E-state index contributed by atoms with van der Waals surface area (Å²) in [5, 5.41) is 10.3. The van der Waals surface area contributed by atoms with Crippen LogP contribution in [0, 0.1) is 6.92 Å². The van der Waals surface area contributed by atoms with Gasteiger partial charge in [-0.1, -0.05) is 32.0 Å². The molecule has 2 heterocycles. The number of nitrogens with two attached hydrogens (primary N) is 1. The second-order valence-corrected chi connectivity index (χ2v) is 9.81. The first-order valence-corrected chi connectivity index (χ1v) is 13.1. The average molecular weight is 503 g/mol. The first-order valence-electron chi connectivity index (χ1n) is 13.1. The van der Waals surface area contributed by atoms with E-state index in [9.17, 15) is 9.90 Å². The molecule has 3 N–H and O–H groups in total.